The maximum absolute atomic E-state index is 10.0. The highest BCUT2D eigenvalue weighted by Gasteiger charge is 2.12. The number of ether oxygens (including phenoxy) is 2. The predicted octanol–water partition coefficient (Wildman–Crippen LogP) is 3.84. The van der Waals surface area contributed by atoms with Gasteiger partial charge in [0, 0.05) is 0 Å². The molecule has 0 aliphatic carbocycles. The first-order valence-electron chi connectivity index (χ1n) is 8.15. The largest absolute Gasteiger partial charge is 0.497 e. The normalized spacial score (nSPS) is 10.9. The first-order chi connectivity index (χ1) is 11.3. The zero-order valence-electron chi connectivity index (χ0n) is 15.2. The molecule has 0 saturated heterocycles. The fourth-order valence-electron chi connectivity index (χ4n) is 1.91. The molecule has 1 amide bonds. The number of allylic oxidation sites excluding steroid dienone is 1. The van der Waals surface area contributed by atoms with Crippen LogP contribution in [0.25, 0.3) is 0 Å². The molecule has 0 heterocycles. The van der Waals surface area contributed by atoms with Crippen LogP contribution in [0.2, 0.25) is 0 Å². The molecule has 0 atom stereocenters. The number of amides is 1. The summed E-state index contributed by atoms with van der Waals surface area (Å²) in [6, 6.07) is 8.21. The van der Waals surface area contributed by atoms with Crippen LogP contribution < -0.4 is 10.5 Å². The Morgan fingerprint density at radius 2 is 1.96 bits per heavy atom. The third-order valence-corrected chi connectivity index (χ3v) is 2.90. The Morgan fingerprint density at radius 1 is 1.25 bits per heavy atom. The molecule has 0 aromatic heterocycles. The highest BCUT2D eigenvalue weighted by Crippen LogP contribution is 2.14. The monoisotopic (exact) mass is 337 g/mol. The van der Waals surface area contributed by atoms with Gasteiger partial charge in [-0.3, -0.25) is 0 Å². The maximum Gasteiger partial charge on any atom is 0.405 e. The summed E-state index contributed by atoms with van der Waals surface area (Å²) in [4.78, 5) is 10.0. The third kappa shape index (κ3) is 13.6. The van der Waals surface area contributed by atoms with Crippen LogP contribution in [0.15, 0.2) is 36.4 Å². The van der Waals surface area contributed by atoms with Crippen LogP contribution in [0.1, 0.15) is 45.6 Å². The van der Waals surface area contributed by atoms with E-state index in [2.05, 4.69) is 16.9 Å². The van der Waals surface area contributed by atoms with Crippen LogP contribution >= 0.6 is 0 Å². The molecule has 0 saturated carbocycles. The lowest BCUT2D eigenvalue weighted by Gasteiger charge is -2.16. The van der Waals surface area contributed by atoms with E-state index in [1.807, 2.05) is 18.2 Å². The zero-order chi connectivity index (χ0) is 18.4. The van der Waals surface area contributed by atoms with Crippen LogP contribution in [0.5, 0.6) is 5.75 Å². The van der Waals surface area contributed by atoms with Gasteiger partial charge < -0.3 is 20.3 Å². The molecule has 5 heteroatoms. The first kappa shape index (κ1) is 22.0. The molecule has 136 valence electrons. The van der Waals surface area contributed by atoms with Gasteiger partial charge in [-0.15, -0.1) is 0 Å². The summed E-state index contributed by atoms with van der Waals surface area (Å²) in [6.07, 6.45) is 7.57. The fourth-order valence-corrected chi connectivity index (χ4v) is 1.91. The number of benzene rings is 1. The summed E-state index contributed by atoms with van der Waals surface area (Å²) in [5.74, 6) is 0.928. The topological polar surface area (TPSA) is 81.8 Å². The van der Waals surface area contributed by atoms with E-state index in [0.717, 1.165) is 25.0 Å². The molecule has 0 fully saturated rings. The van der Waals surface area contributed by atoms with Gasteiger partial charge in [-0.05, 0) is 64.2 Å². The highest BCUT2D eigenvalue weighted by atomic mass is 16.6. The minimum absolute atomic E-state index is 0.149. The standard InChI is InChI=1S/C14H20O2.C5H11NO2/c1-16-14-10-7-9-13(12-14)8-5-3-2-4-6-11-15;1-5(2,3)8-4(6)7/h4,6-7,9-10,12,15H,2-3,5,8,11H2,1H3;1-3H3,(H2,6,7)/b6-4+;. The van der Waals surface area contributed by atoms with Crippen molar-refractivity contribution < 1.29 is 19.4 Å². The van der Waals surface area contributed by atoms with E-state index < -0.39 is 11.7 Å². The number of hydrogen-bond donors (Lipinski definition) is 2. The summed E-state index contributed by atoms with van der Waals surface area (Å²) in [6.45, 7) is 5.43. The van der Waals surface area contributed by atoms with Crippen molar-refractivity contribution in [1.29, 1.82) is 0 Å². The number of aliphatic hydroxyl groups excluding tert-OH is 1. The van der Waals surface area contributed by atoms with Gasteiger partial charge in [-0.2, -0.15) is 0 Å². The van der Waals surface area contributed by atoms with Crippen molar-refractivity contribution in [1.82, 2.24) is 0 Å². The third-order valence-electron chi connectivity index (χ3n) is 2.90. The fraction of sp³-hybridized carbons (Fsp3) is 0.526. The van der Waals surface area contributed by atoms with Gasteiger partial charge in [0.2, 0.25) is 0 Å². The number of carbonyl (C=O) groups is 1. The van der Waals surface area contributed by atoms with Gasteiger partial charge in [-0.25, -0.2) is 4.79 Å². The smallest absolute Gasteiger partial charge is 0.405 e. The van der Waals surface area contributed by atoms with Crippen molar-refractivity contribution in [2.45, 2.75) is 52.1 Å². The summed E-state index contributed by atoms with van der Waals surface area (Å²) in [5, 5.41) is 8.56. The molecule has 1 rings (SSSR count). The summed E-state index contributed by atoms with van der Waals surface area (Å²) in [7, 11) is 1.69. The number of hydrogen-bond acceptors (Lipinski definition) is 4. The second-order valence-electron chi connectivity index (χ2n) is 6.28. The van der Waals surface area contributed by atoms with Gasteiger partial charge in [0.05, 0.1) is 13.7 Å². The molecule has 5 nitrogen and oxygen atoms in total. The van der Waals surface area contributed by atoms with E-state index in [1.165, 1.54) is 12.0 Å². The van der Waals surface area contributed by atoms with E-state index in [-0.39, 0.29) is 6.61 Å². The minimum atomic E-state index is -0.725. The molecule has 0 aliphatic rings. The number of rotatable bonds is 7. The molecule has 0 aliphatic heterocycles. The van der Waals surface area contributed by atoms with E-state index in [1.54, 1.807) is 34.0 Å². The van der Waals surface area contributed by atoms with E-state index in [4.69, 9.17) is 15.6 Å². The molecular weight excluding hydrogens is 306 g/mol. The molecular formula is C19H31NO4. The maximum atomic E-state index is 10.0. The van der Waals surface area contributed by atoms with Gasteiger partial charge in [0.15, 0.2) is 0 Å². The Kier molecular flexibility index (Phi) is 11.4. The SMILES string of the molecule is CC(C)(C)OC(N)=O.COc1cccc(CCCC/C=C/CO)c1. The van der Waals surface area contributed by atoms with Crippen LogP contribution in [0, 0.1) is 0 Å². The zero-order valence-corrected chi connectivity index (χ0v) is 15.2. The predicted molar refractivity (Wildman–Crippen MR) is 97.2 cm³/mol. The van der Waals surface area contributed by atoms with Crippen LogP contribution in [0.4, 0.5) is 4.79 Å². The van der Waals surface area contributed by atoms with Crippen molar-refractivity contribution in [3.05, 3.63) is 42.0 Å². The van der Waals surface area contributed by atoms with Crippen LogP contribution in [-0.4, -0.2) is 30.5 Å². The molecule has 24 heavy (non-hydrogen) atoms. The Bertz CT molecular complexity index is 492. The van der Waals surface area contributed by atoms with Crippen molar-refractivity contribution in [3.8, 4) is 5.75 Å². The molecule has 0 radical (unpaired) electrons. The number of carbonyl (C=O) groups excluding carboxylic acids is 1. The van der Waals surface area contributed by atoms with Gasteiger partial charge in [0.1, 0.15) is 11.4 Å². The lowest BCUT2D eigenvalue weighted by Crippen LogP contribution is -2.27. The number of nitrogens with two attached hydrogens (primary N) is 1. The molecule has 0 unspecified atom stereocenters. The Balaban J connectivity index is 0.000000561. The number of methoxy groups -OCH3 is 1. The Labute approximate surface area is 145 Å². The van der Waals surface area contributed by atoms with Gasteiger partial charge in [0.25, 0.3) is 0 Å². The Hall–Kier alpha value is -2.01. The number of unbranched alkanes of at least 4 members (excludes halogenated alkanes) is 2. The van der Waals surface area contributed by atoms with E-state index in [0.29, 0.717) is 0 Å². The average molecular weight is 337 g/mol. The molecule has 0 bridgehead atoms. The highest BCUT2D eigenvalue weighted by molar-refractivity contribution is 5.65. The van der Waals surface area contributed by atoms with Crippen molar-refractivity contribution in [3.63, 3.8) is 0 Å². The van der Waals surface area contributed by atoms with Gasteiger partial charge in [-0.1, -0.05) is 24.3 Å². The summed E-state index contributed by atoms with van der Waals surface area (Å²) >= 11 is 0. The van der Waals surface area contributed by atoms with Crippen LogP contribution in [-0.2, 0) is 11.2 Å². The van der Waals surface area contributed by atoms with E-state index >= 15 is 0 Å². The minimum Gasteiger partial charge on any atom is -0.497 e. The van der Waals surface area contributed by atoms with Crippen molar-refractivity contribution in [2.24, 2.45) is 5.73 Å². The lowest BCUT2D eigenvalue weighted by atomic mass is 10.1. The molecule has 0 spiro atoms. The van der Waals surface area contributed by atoms with Crippen molar-refractivity contribution >= 4 is 6.09 Å². The van der Waals surface area contributed by atoms with E-state index in [9.17, 15) is 4.79 Å². The second-order valence-corrected chi connectivity index (χ2v) is 6.28. The average Bonchev–Trinajstić information content (AvgIpc) is 2.49. The molecule has 1 aromatic rings. The number of aryl methyl sites for hydroxylation is 1. The number of aliphatic hydroxyl groups is 1. The van der Waals surface area contributed by atoms with Gasteiger partial charge >= 0.3 is 6.09 Å². The molecule has 3 N–H and O–H groups in total. The number of primary amides is 1. The Morgan fingerprint density at radius 3 is 2.46 bits per heavy atom. The lowest BCUT2D eigenvalue weighted by molar-refractivity contribution is 0.0600. The van der Waals surface area contributed by atoms with Crippen molar-refractivity contribution in [2.75, 3.05) is 13.7 Å². The quantitative estimate of drug-likeness (QED) is 0.585. The first-order valence-corrected chi connectivity index (χ1v) is 8.15. The molecule has 1 aromatic carbocycles. The summed E-state index contributed by atoms with van der Waals surface area (Å²) in [5.41, 5.74) is 5.59. The second kappa shape index (κ2) is 12.4. The summed E-state index contributed by atoms with van der Waals surface area (Å²) < 4.78 is 9.75. The van der Waals surface area contributed by atoms with Crippen LogP contribution in [0.3, 0.4) is 0 Å².